The normalized spacial score (nSPS) is 28.0. The summed E-state index contributed by atoms with van der Waals surface area (Å²) in [6.07, 6.45) is 2.49. The monoisotopic (exact) mass is 245 g/mol. The average molecular weight is 245 g/mol. The lowest BCUT2D eigenvalue weighted by Crippen LogP contribution is -2.50. The zero-order chi connectivity index (χ0) is 13.6. The van der Waals surface area contributed by atoms with Gasteiger partial charge in [0.05, 0.1) is 0 Å². The van der Waals surface area contributed by atoms with E-state index in [-0.39, 0.29) is 5.41 Å². The molecule has 1 aliphatic carbocycles. The van der Waals surface area contributed by atoms with Crippen molar-refractivity contribution in [3.8, 4) is 0 Å². The van der Waals surface area contributed by atoms with Gasteiger partial charge in [-0.1, -0.05) is 50.1 Å². The van der Waals surface area contributed by atoms with E-state index < -0.39 is 0 Å². The van der Waals surface area contributed by atoms with Crippen molar-refractivity contribution in [2.45, 2.75) is 52.9 Å². The van der Waals surface area contributed by atoms with Crippen LogP contribution in [0.25, 0.3) is 0 Å². The Kier molecular flexibility index (Phi) is 3.31. The van der Waals surface area contributed by atoms with E-state index >= 15 is 0 Å². The Morgan fingerprint density at radius 2 is 1.61 bits per heavy atom. The summed E-state index contributed by atoms with van der Waals surface area (Å²) in [5, 5.41) is 0. The molecule has 0 radical (unpaired) electrons. The lowest BCUT2D eigenvalue weighted by Gasteiger charge is -2.53. The second-order valence-electron chi connectivity index (χ2n) is 7.33. The van der Waals surface area contributed by atoms with Crippen LogP contribution in [-0.4, -0.2) is 6.54 Å². The van der Waals surface area contributed by atoms with Gasteiger partial charge in [-0.15, -0.1) is 0 Å². The second-order valence-corrected chi connectivity index (χ2v) is 7.33. The van der Waals surface area contributed by atoms with E-state index in [1.54, 1.807) is 0 Å². The highest BCUT2D eigenvalue weighted by Crippen LogP contribution is 2.53. The first kappa shape index (κ1) is 13.6. The highest BCUT2D eigenvalue weighted by Gasteiger charge is 2.48. The maximum absolute atomic E-state index is 6.11. The zero-order valence-corrected chi connectivity index (χ0v) is 12.5. The van der Waals surface area contributed by atoms with Crippen molar-refractivity contribution < 1.29 is 0 Å². The smallest absolute Gasteiger partial charge is 0.00814 e. The van der Waals surface area contributed by atoms with E-state index in [0.717, 1.165) is 12.5 Å². The number of nitrogens with two attached hydrogens (primary N) is 1. The molecule has 0 spiro atoms. The molecule has 1 fully saturated rings. The molecule has 1 aromatic carbocycles. The summed E-state index contributed by atoms with van der Waals surface area (Å²) in [4.78, 5) is 0. The van der Waals surface area contributed by atoms with Crippen LogP contribution in [0.3, 0.4) is 0 Å². The van der Waals surface area contributed by atoms with Crippen molar-refractivity contribution in [2.24, 2.45) is 17.1 Å². The number of benzene rings is 1. The molecule has 0 unspecified atom stereocenters. The van der Waals surface area contributed by atoms with Crippen molar-refractivity contribution in [3.63, 3.8) is 0 Å². The third kappa shape index (κ3) is 2.33. The Morgan fingerprint density at radius 3 is 2.00 bits per heavy atom. The first-order valence-electron chi connectivity index (χ1n) is 7.06. The molecule has 2 N–H and O–H groups in total. The summed E-state index contributed by atoms with van der Waals surface area (Å²) in [6, 6.07) is 6.91. The third-order valence-electron chi connectivity index (χ3n) is 4.72. The predicted molar refractivity (Wildman–Crippen MR) is 78.8 cm³/mol. The summed E-state index contributed by atoms with van der Waals surface area (Å²) < 4.78 is 0. The van der Waals surface area contributed by atoms with Crippen LogP contribution in [0.1, 0.15) is 50.3 Å². The molecule has 0 aliphatic heterocycles. The van der Waals surface area contributed by atoms with Gasteiger partial charge in [0.25, 0.3) is 0 Å². The van der Waals surface area contributed by atoms with Crippen LogP contribution >= 0.6 is 0 Å². The van der Waals surface area contributed by atoms with E-state index in [4.69, 9.17) is 5.73 Å². The van der Waals surface area contributed by atoms with E-state index in [2.05, 4.69) is 52.8 Å². The summed E-state index contributed by atoms with van der Waals surface area (Å²) in [6.45, 7) is 12.2. The highest BCUT2D eigenvalue weighted by atomic mass is 14.7. The first-order chi connectivity index (χ1) is 8.27. The van der Waals surface area contributed by atoms with Gasteiger partial charge in [0.1, 0.15) is 0 Å². The molecule has 1 aromatic rings. The summed E-state index contributed by atoms with van der Waals surface area (Å²) in [5.74, 6) is 0.807. The van der Waals surface area contributed by atoms with Crippen LogP contribution in [0.15, 0.2) is 18.2 Å². The lowest BCUT2D eigenvalue weighted by molar-refractivity contribution is 0.0503. The molecular weight excluding hydrogens is 218 g/mol. The fourth-order valence-corrected chi connectivity index (χ4v) is 3.30. The number of hydrogen-bond donors (Lipinski definition) is 1. The van der Waals surface area contributed by atoms with Crippen LogP contribution in [-0.2, 0) is 5.41 Å². The maximum atomic E-state index is 6.11. The number of rotatable bonds is 2. The Balaban J connectivity index is 2.26. The van der Waals surface area contributed by atoms with Gasteiger partial charge >= 0.3 is 0 Å². The minimum Gasteiger partial charge on any atom is -0.330 e. The Labute approximate surface area is 112 Å². The van der Waals surface area contributed by atoms with Crippen molar-refractivity contribution in [2.75, 3.05) is 6.54 Å². The molecule has 0 saturated heterocycles. The van der Waals surface area contributed by atoms with Crippen LogP contribution < -0.4 is 5.73 Å². The van der Waals surface area contributed by atoms with Gasteiger partial charge in [0.2, 0.25) is 0 Å². The molecule has 18 heavy (non-hydrogen) atoms. The Hall–Kier alpha value is -0.820. The highest BCUT2D eigenvalue weighted by molar-refractivity contribution is 5.36. The molecule has 100 valence electrons. The standard InChI is InChI=1S/C17H27N/c1-12-6-13(2)8-14(7-12)17(11-18)9-15(10-17)16(3,4)5/h6-8,15H,9-11,18H2,1-5H3. The lowest BCUT2D eigenvalue weighted by atomic mass is 9.52. The molecule has 0 bridgehead atoms. The van der Waals surface area contributed by atoms with Crippen molar-refractivity contribution in [1.29, 1.82) is 0 Å². The fourth-order valence-electron chi connectivity index (χ4n) is 3.30. The van der Waals surface area contributed by atoms with E-state index in [1.165, 1.54) is 29.5 Å². The molecule has 1 nitrogen and oxygen atoms in total. The molecule has 1 aliphatic rings. The quantitative estimate of drug-likeness (QED) is 0.838. The maximum Gasteiger partial charge on any atom is 0.00814 e. The molecule has 2 rings (SSSR count). The SMILES string of the molecule is Cc1cc(C)cc(C2(CN)CC(C(C)(C)C)C2)c1. The zero-order valence-electron chi connectivity index (χ0n) is 12.5. The van der Waals surface area contributed by atoms with Gasteiger partial charge < -0.3 is 5.73 Å². The van der Waals surface area contributed by atoms with E-state index in [0.29, 0.717) is 5.41 Å². The minimum absolute atomic E-state index is 0.245. The third-order valence-corrected chi connectivity index (χ3v) is 4.72. The van der Waals surface area contributed by atoms with Crippen molar-refractivity contribution in [3.05, 3.63) is 34.9 Å². The first-order valence-corrected chi connectivity index (χ1v) is 7.06. The summed E-state index contributed by atoms with van der Waals surface area (Å²) in [5.41, 5.74) is 10.9. The van der Waals surface area contributed by atoms with Gasteiger partial charge in [0.15, 0.2) is 0 Å². The largest absolute Gasteiger partial charge is 0.330 e. The fraction of sp³-hybridized carbons (Fsp3) is 0.647. The van der Waals surface area contributed by atoms with Crippen LogP contribution in [0.4, 0.5) is 0 Å². The van der Waals surface area contributed by atoms with Gasteiger partial charge in [-0.25, -0.2) is 0 Å². The average Bonchev–Trinajstić information content (AvgIpc) is 2.12. The van der Waals surface area contributed by atoms with Gasteiger partial charge in [-0.2, -0.15) is 0 Å². The van der Waals surface area contributed by atoms with E-state index in [1.807, 2.05) is 0 Å². The predicted octanol–water partition coefficient (Wildman–Crippen LogP) is 3.96. The molecule has 1 saturated carbocycles. The van der Waals surface area contributed by atoms with Crippen LogP contribution in [0, 0.1) is 25.2 Å². The minimum atomic E-state index is 0.245. The summed E-state index contributed by atoms with van der Waals surface area (Å²) in [7, 11) is 0. The molecular formula is C17H27N. The Bertz CT molecular complexity index is 413. The summed E-state index contributed by atoms with van der Waals surface area (Å²) >= 11 is 0. The van der Waals surface area contributed by atoms with Gasteiger partial charge in [0, 0.05) is 12.0 Å². The molecule has 0 heterocycles. The number of hydrogen-bond acceptors (Lipinski definition) is 1. The van der Waals surface area contributed by atoms with Crippen molar-refractivity contribution in [1.82, 2.24) is 0 Å². The Morgan fingerprint density at radius 1 is 1.11 bits per heavy atom. The number of aryl methyl sites for hydroxylation is 2. The molecule has 0 atom stereocenters. The van der Waals surface area contributed by atoms with E-state index in [9.17, 15) is 0 Å². The van der Waals surface area contributed by atoms with Crippen LogP contribution in [0.2, 0.25) is 0 Å². The topological polar surface area (TPSA) is 26.0 Å². The molecule has 0 aromatic heterocycles. The van der Waals surface area contributed by atoms with Gasteiger partial charge in [-0.3, -0.25) is 0 Å². The second kappa shape index (κ2) is 4.38. The van der Waals surface area contributed by atoms with Crippen LogP contribution in [0.5, 0.6) is 0 Å². The van der Waals surface area contributed by atoms with Gasteiger partial charge in [-0.05, 0) is 43.6 Å². The molecule has 0 amide bonds. The van der Waals surface area contributed by atoms with Crippen molar-refractivity contribution >= 4 is 0 Å². The molecule has 1 heteroatoms.